The number of aromatic nitrogens is 2. The molecule has 1 unspecified atom stereocenters. The van der Waals surface area contributed by atoms with Crippen LogP contribution in [-0.4, -0.2) is 61.0 Å². The summed E-state index contributed by atoms with van der Waals surface area (Å²) in [6.07, 6.45) is 4.88. The van der Waals surface area contributed by atoms with Crippen LogP contribution in [0.2, 0.25) is 0 Å². The summed E-state index contributed by atoms with van der Waals surface area (Å²) in [5.74, 6) is -0.189. The highest BCUT2D eigenvalue weighted by Gasteiger charge is 2.90. The fourth-order valence-corrected chi connectivity index (χ4v) is 4.68. The smallest absolute Gasteiger partial charge is 0.435 e. The zero-order valence-electron chi connectivity index (χ0n) is 15.4. The van der Waals surface area contributed by atoms with E-state index in [1.165, 1.54) is 12.3 Å². The Labute approximate surface area is 157 Å². The van der Waals surface area contributed by atoms with Gasteiger partial charge in [-0.2, -0.15) is 4.68 Å². The Hall–Kier alpha value is -1.37. The molecule has 6 radical (unpaired) electrons. The number of fused-ring (bicyclic) bond motifs is 1. The number of rotatable bonds is 4. The number of hydrogen-bond donors (Lipinski definition) is 1. The highest BCUT2D eigenvalue weighted by Crippen LogP contribution is 2.94. The summed E-state index contributed by atoms with van der Waals surface area (Å²) >= 11 is 0. The van der Waals surface area contributed by atoms with Gasteiger partial charge in [0.1, 0.15) is 29.1 Å². The van der Waals surface area contributed by atoms with Gasteiger partial charge in [-0.15, -0.1) is 5.10 Å². The Bertz CT molecular complexity index is 742. The molecule has 4 rings (SSSR count). The first-order chi connectivity index (χ1) is 11.8. The average Bonchev–Trinajstić information content (AvgIpc) is 3.42. The Morgan fingerprint density at radius 2 is 1.77 bits per heavy atom. The molecule has 3 aliphatic carbocycles. The highest BCUT2D eigenvalue weighted by molar-refractivity contribution is 6.44. The second-order valence-corrected chi connectivity index (χ2v) is 9.04. The number of carbonyl (C=O) groups is 1. The number of hydrogen-bond acceptors (Lipinski definition) is 5. The van der Waals surface area contributed by atoms with Crippen LogP contribution < -0.4 is 4.74 Å². The Morgan fingerprint density at radius 3 is 2.23 bits per heavy atom. The van der Waals surface area contributed by atoms with Gasteiger partial charge in [-0.1, -0.05) is 0 Å². The lowest BCUT2D eigenvalue weighted by molar-refractivity contribution is -0.00740. The molecule has 1 heterocycles. The quantitative estimate of drug-likeness (QED) is 0.823. The summed E-state index contributed by atoms with van der Waals surface area (Å²) in [5.41, 5.74) is -2.38. The van der Waals surface area contributed by atoms with Gasteiger partial charge in [0.2, 0.25) is 5.88 Å². The predicted molar refractivity (Wildman–Crippen MR) is 96.3 cm³/mol. The third-order valence-electron chi connectivity index (χ3n) is 6.08. The van der Waals surface area contributed by atoms with Crippen molar-refractivity contribution in [1.82, 2.24) is 9.78 Å². The van der Waals surface area contributed by atoms with E-state index in [2.05, 4.69) is 5.10 Å². The fraction of sp³-hybridized carbons (Fsp3) is 0.765. The molecular formula is C17H21B3N2O4. The first kappa shape index (κ1) is 18.0. The summed E-state index contributed by atoms with van der Waals surface area (Å²) in [4.78, 5) is 12.0. The zero-order valence-corrected chi connectivity index (χ0v) is 15.4. The summed E-state index contributed by atoms with van der Waals surface area (Å²) in [6, 6.07) is 1.42. The normalized spacial score (nSPS) is 24.9. The van der Waals surface area contributed by atoms with Crippen LogP contribution in [0.4, 0.5) is 4.79 Å². The molecule has 0 aliphatic heterocycles. The van der Waals surface area contributed by atoms with Crippen molar-refractivity contribution < 1.29 is 19.4 Å². The molecule has 0 amide bonds. The zero-order chi connectivity index (χ0) is 19.2. The van der Waals surface area contributed by atoms with Crippen molar-refractivity contribution >= 4 is 29.6 Å². The molecule has 3 aliphatic rings. The highest BCUT2D eigenvalue weighted by atomic mass is 16.6. The van der Waals surface area contributed by atoms with Gasteiger partial charge in [0.25, 0.3) is 0 Å². The minimum atomic E-state index is -2.04. The van der Waals surface area contributed by atoms with Crippen LogP contribution in [-0.2, 0) is 4.74 Å². The lowest BCUT2D eigenvalue weighted by atomic mass is 9.47. The van der Waals surface area contributed by atoms with Gasteiger partial charge in [0.15, 0.2) is 0 Å². The maximum Gasteiger partial charge on any atom is 0.435 e. The lowest BCUT2D eigenvalue weighted by Gasteiger charge is -2.42. The van der Waals surface area contributed by atoms with Crippen molar-refractivity contribution in [2.45, 2.75) is 63.0 Å². The summed E-state index contributed by atoms with van der Waals surface area (Å²) in [5, 5.41) is 12.9. The van der Waals surface area contributed by atoms with Crippen molar-refractivity contribution in [3.8, 4) is 5.88 Å². The molecule has 1 atom stereocenters. The minimum Gasteiger partial charge on any atom is -0.488 e. The standard InChI is InChI=1S/C17H21B3N2O4/c1-13(2,3)26-12(23)22-9-4-10(21-22)25-17(19,20)16(18,24)11-14(5-6-14)15(11)7-8-15/h4,9,11,24H,5-8H2,1-3H3. The second kappa shape index (κ2) is 4.92. The van der Waals surface area contributed by atoms with Crippen LogP contribution in [0.5, 0.6) is 5.88 Å². The van der Waals surface area contributed by atoms with Crippen LogP contribution in [0.25, 0.3) is 0 Å². The van der Waals surface area contributed by atoms with Gasteiger partial charge in [0, 0.05) is 23.2 Å². The van der Waals surface area contributed by atoms with Gasteiger partial charge in [0.05, 0.1) is 0 Å². The van der Waals surface area contributed by atoms with Crippen LogP contribution in [0.3, 0.4) is 0 Å². The molecule has 1 aromatic heterocycles. The van der Waals surface area contributed by atoms with E-state index in [1.54, 1.807) is 20.8 Å². The maximum absolute atomic E-state index is 12.0. The molecule has 3 saturated carbocycles. The molecule has 132 valence electrons. The maximum atomic E-state index is 12.0. The molecule has 6 nitrogen and oxygen atoms in total. The summed E-state index contributed by atoms with van der Waals surface area (Å²) in [6.45, 7) is 5.26. The van der Waals surface area contributed by atoms with E-state index in [9.17, 15) is 9.90 Å². The van der Waals surface area contributed by atoms with Gasteiger partial charge < -0.3 is 14.6 Å². The molecule has 2 spiro atoms. The van der Waals surface area contributed by atoms with Crippen molar-refractivity contribution in [1.29, 1.82) is 0 Å². The summed E-state index contributed by atoms with van der Waals surface area (Å²) < 4.78 is 11.7. The minimum absolute atomic E-state index is 0.0138. The van der Waals surface area contributed by atoms with Gasteiger partial charge in [-0.25, -0.2) is 4.79 Å². The van der Waals surface area contributed by atoms with E-state index in [4.69, 9.17) is 33.0 Å². The Kier molecular flexibility index (Phi) is 3.41. The van der Waals surface area contributed by atoms with E-state index in [-0.39, 0.29) is 22.6 Å². The van der Waals surface area contributed by atoms with Gasteiger partial charge >= 0.3 is 6.09 Å². The monoisotopic (exact) mass is 350 g/mol. The number of nitrogens with zero attached hydrogens (tertiary/aromatic N) is 2. The molecule has 1 aromatic rings. The third kappa shape index (κ3) is 2.46. The Morgan fingerprint density at radius 1 is 1.23 bits per heavy atom. The lowest BCUT2D eigenvalue weighted by Crippen LogP contribution is -2.62. The van der Waals surface area contributed by atoms with Crippen molar-refractivity contribution in [2.24, 2.45) is 16.7 Å². The SMILES string of the molecule is [B]C([B])(Oc1ccn(C(=O)OC(C)(C)C)n1)C([B])(O)C1C2(CC2)C12CC2. The van der Waals surface area contributed by atoms with Crippen LogP contribution >= 0.6 is 0 Å². The Balaban J connectivity index is 1.48. The molecule has 0 saturated heterocycles. The van der Waals surface area contributed by atoms with Crippen LogP contribution in [0, 0.1) is 16.7 Å². The molecule has 26 heavy (non-hydrogen) atoms. The van der Waals surface area contributed by atoms with E-state index in [1.807, 2.05) is 0 Å². The van der Waals surface area contributed by atoms with Crippen molar-refractivity contribution in [2.75, 3.05) is 0 Å². The number of aliphatic hydroxyl groups is 1. The molecule has 0 aromatic carbocycles. The first-order valence-corrected chi connectivity index (χ1v) is 8.92. The largest absolute Gasteiger partial charge is 0.488 e. The van der Waals surface area contributed by atoms with E-state index in [0.717, 1.165) is 30.4 Å². The number of carbonyl (C=O) groups excluding carboxylic acids is 1. The topological polar surface area (TPSA) is 73.6 Å². The molecule has 9 heteroatoms. The number of ether oxygens (including phenoxy) is 2. The van der Waals surface area contributed by atoms with E-state index < -0.39 is 22.6 Å². The van der Waals surface area contributed by atoms with Crippen molar-refractivity contribution in [3.63, 3.8) is 0 Å². The average molecular weight is 350 g/mol. The molecule has 3 fully saturated rings. The first-order valence-electron chi connectivity index (χ1n) is 8.92. The van der Waals surface area contributed by atoms with E-state index >= 15 is 0 Å². The predicted octanol–water partition coefficient (Wildman–Crippen LogP) is 1.08. The van der Waals surface area contributed by atoms with Gasteiger partial charge in [-0.3, -0.25) is 0 Å². The second-order valence-electron chi connectivity index (χ2n) is 9.04. The molecule has 1 N–H and O–H groups in total. The van der Waals surface area contributed by atoms with E-state index in [0.29, 0.717) is 0 Å². The molecule has 0 bridgehead atoms. The fourth-order valence-electron chi connectivity index (χ4n) is 4.68. The van der Waals surface area contributed by atoms with Crippen LogP contribution in [0.15, 0.2) is 12.3 Å². The van der Waals surface area contributed by atoms with Gasteiger partial charge in [-0.05, 0) is 63.2 Å². The summed E-state index contributed by atoms with van der Waals surface area (Å²) in [7, 11) is 18.3. The van der Waals surface area contributed by atoms with Crippen molar-refractivity contribution in [3.05, 3.63) is 12.3 Å². The molecular weight excluding hydrogens is 329 g/mol. The third-order valence-corrected chi connectivity index (χ3v) is 6.08. The van der Waals surface area contributed by atoms with Crippen LogP contribution in [0.1, 0.15) is 46.5 Å².